The number of hydrogen-bond donors (Lipinski definition) is 1. The second-order valence-corrected chi connectivity index (χ2v) is 4.51. The quantitative estimate of drug-likeness (QED) is 0.673. The molecule has 2 rings (SSSR count). The van der Waals surface area contributed by atoms with Crippen molar-refractivity contribution in [2.75, 3.05) is 25.1 Å². The molecule has 1 aromatic rings. The largest absolute Gasteiger partial charge is 0.462 e. The molecular formula is C12H16ClN3O3. The monoisotopic (exact) mass is 285 g/mol. The van der Waals surface area contributed by atoms with Crippen molar-refractivity contribution in [3.63, 3.8) is 0 Å². The lowest BCUT2D eigenvalue weighted by Crippen LogP contribution is -2.28. The molecule has 0 aromatic carbocycles. The Hall–Kier alpha value is -1.40. The molecule has 1 aromatic heterocycles. The molecule has 7 heteroatoms. The maximum Gasteiger partial charge on any atom is 0.342 e. The third kappa shape index (κ3) is 3.78. The molecule has 104 valence electrons. The van der Waals surface area contributed by atoms with Crippen LogP contribution in [0.15, 0.2) is 6.20 Å². The number of nitrogens with one attached hydrogen (secondary N) is 1. The molecule has 0 aliphatic carbocycles. The number of carbonyl (C=O) groups is 1. The number of hydrogen-bond acceptors (Lipinski definition) is 6. The summed E-state index contributed by atoms with van der Waals surface area (Å²) in [6.45, 7) is 3.48. The van der Waals surface area contributed by atoms with Gasteiger partial charge in [-0.2, -0.15) is 0 Å². The Balaban J connectivity index is 2.03. The van der Waals surface area contributed by atoms with E-state index in [9.17, 15) is 4.79 Å². The summed E-state index contributed by atoms with van der Waals surface area (Å²) in [4.78, 5) is 19.7. The Bertz CT molecular complexity index is 450. The zero-order valence-electron chi connectivity index (χ0n) is 10.7. The van der Waals surface area contributed by atoms with Crippen LogP contribution < -0.4 is 5.32 Å². The fourth-order valence-electron chi connectivity index (χ4n) is 1.80. The van der Waals surface area contributed by atoms with Crippen molar-refractivity contribution in [1.82, 2.24) is 9.97 Å². The van der Waals surface area contributed by atoms with E-state index in [2.05, 4.69) is 15.3 Å². The number of aromatic nitrogens is 2. The normalized spacial score (nSPS) is 16.1. The van der Waals surface area contributed by atoms with Gasteiger partial charge in [-0.25, -0.2) is 14.8 Å². The molecule has 1 aliphatic heterocycles. The van der Waals surface area contributed by atoms with E-state index in [-0.39, 0.29) is 23.4 Å². The molecule has 1 fully saturated rings. The maximum absolute atomic E-state index is 11.5. The van der Waals surface area contributed by atoms with Crippen molar-refractivity contribution in [3.05, 3.63) is 16.9 Å². The third-order valence-corrected chi connectivity index (χ3v) is 3.08. The SMILES string of the molecule is CCOC(=O)c1cnc(NC2CCOCC2)nc1Cl. The summed E-state index contributed by atoms with van der Waals surface area (Å²) in [6, 6.07) is 0.276. The van der Waals surface area contributed by atoms with Crippen LogP contribution in [0.3, 0.4) is 0 Å². The first-order chi connectivity index (χ1) is 9.20. The van der Waals surface area contributed by atoms with E-state index in [4.69, 9.17) is 21.1 Å². The third-order valence-electron chi connectivity index (χ3n) is 2.79. The zero-order valence-corrected chi connectivity index (χ0v) is 11.4. The number of nitrogens with zero attached hydrogens (tertiary/aromatic N) is 2. The molecule has 6 nitrogen and oxygen atoms in total. The van der Waals surface area contributed by atoms with Gasteiger partial charge in [-0.15, -0.1) is 0 Å². The van der Waals surface area contributed by atoms with Crippen LogP contribution in [0, 0.1) is 0 Å². The molecule has 0 amide bonds. The van der Waals surface area contributed by atoms with Gasteiger partial charge in [0, 0.05) is 25.5 Å². The van der Waals surface area contributed by atoms with Crippen LogP contribution >= 0.6 is 11.6 Å². The van der Waals surface area contributed by atoms with Gasteiger partial charge in [0.1, 0.15) is 10.7 Å². The molecular weight excluding hydrogens is 270 g/mol. The summed E-state index contributed by atoms with van der Waals surface area (Å²) >= 11 is 5.96. The molecule has 1 aliphatic rings. The van der Waals surface area contributed by atoms with Gasteiger partial charge in [-0.1, -0.05) is 11.6 Å². The van der Waals surface area contributed by atoms with Crippen molar-refractivity contribution < 1.29 is 14.3 Å². The molecule has 0 spiro atoms. The van der Waals surface area contributed by atoms with Gasteiger partial charge in [-0.05, 0) is 19.8 Å². The van der Waals surface area contributed by atoms with Crippen LogP contribution in [0.2, 0.25) is 5.15 Å². The first-order valence-corrected chi connectivity index (χ1v) is 6.62. The summed E-state index contributed by atoms with van der Waals surface area (Å²) in [5.74, 6) is -0.0879. The molecule has 0 saturated carbocycles. The van der Waals surface area contributed by atoms with Crippen molar-refractivity contribution in [2.45, 2.75) is 25.8 Å². The summed E-state index contributed by atoms with van der Waals surface area (Å²) in [5.41, 5.74) is 0.182. The van der Waals surface area contributed by atoms with Crippen LogP contribution in [-0.2, 0) is 9.47 Å². The van der Waals surface area contributed by atoms with E-state index in [1.807, 2.05) is 0 Å². The number of esters is 1. The van der Waals surface area contributed by atoms with Gasteiger partial charge in [0.15, 0.2) is 0 Å². The highest BCUT2D eigenvalue weighted by Gasteiger charge is 2.17. The first-order valence-electron chi connectivity index (χ1n) is 6.24. The van der Waals surface area contributed by atoms with Crippen molar-refractivity contribution in [1.29, 1.82) is 0 Å². The highest BCUT2D eigenvalue weighted by Crippen LogP contribution is 2.17. The molecule has 0 radical (unpaired) electrons. The van der Waals surface area contributed by atoms with E-state index in [1.54, 1.807) is 6.92 Å². The van der Waals surface area contributed by atoms with Gasteiger partial charge in [0.25, 0.3) is 0 Å². The Morgan fingerprint density at radius 3 is 2.95 bits per heavy atom. The molecule has 1 N–H and O–H groups in total. The van der Waals surface area contributed by atoms with Gasteiger partial charge in [0.2, 0.25) is 5.95 Å². The lowest BCUT2D eigenvalue weighted by Gasteiger charge is -2.23. The van der Waals surface area contributed by atoms with Gasteiger partial charge >= 0.3 is 5.97 Å². The predicted molar refractivity (Wildman–Crippen MR) is 70.5 cm³/mol. The van der Waals surface area contributed by atoms with Crippen LogP contribution in [0.1, 0.15) is 30.1 Å². The lowest BCUT2D eigenvalue weighted by atomic mass is 10.1. The average molecular weight is 286 g/mol. The molecule has 0 unspecified atom stereocenters. The molecule has 0 bridgehead atoms. The van der Waals surface area contributed by atoms with Crippen LogP contribution in [0.4, 0.5) is 5.95 Å². The topological polar surface area (TPSA) is 73.3 Å². The van der Waals surface area contributed by atoms with Gasteiger partial charge in [-0.3, -0.25) is 0 Å². The predicted octanol–water partition coefficient (Wildman–Crippen LogP) is 1.90. The molecule has 2 heterocycles. The van der Waals surface area contributed by atoms with Gasteiger partial charge in [0.05, 0.1) is 6.61 Å². The smallest absolute Gasteiger partial charge is 0.342 e. The molecule has 0 atom stereocenters. The Morgan fingerprint density at radius 1 is 1.58 bits per heavy atom. The van der Waals surface area contributed by atoms with E-state index in [1.165, 1.54) is 6.20 Å². The van der Waals surface area contributed by atoms with Crippen LogP contribution in [-0.4, -0.2) is 41.8 Å². The van der Waals surface area contributed by atoms with E-state index < -0.39 is 5.97 Å². The second-order valence-electron chi connectivity index (χ2n) is 4.15. The Morgan fingerprint density at radius 2 is 2.32 bits per heavy atom. The van der Waals surface area contributed by atoms with E-state index in [0.717, 1.165) is 26.1 Å². The minimum atomic E-state index is -0.509. The van der Waals surface area contributed by atoms with E-state index >= 15 is 0 Å². The lowest BCUT2D eigenvalue weighted by molar-refractivity contribution is 0.0525. The summed E-state index contributed by atoms with van der Waals surface area (Å²) in [5, 5.41) is 3.28. The Kier molecular flexibility index (Phi) is 4.93. The standard InChI is InChI=1S/C12H16ClN3O3/c1-2-19-11(17)9-7-14-12(16-10(9)13)15-8-3-5-18-6-4-8/h7-8H,2-6H2,1H3,(H,14,15,16). The summed E-state index contributed by atoms with van der Waals surface area (Å²) in [7, 11) is 0. The fourth-order valence-corrected chi connectivity index (χ4v) is 2.01. The van der Waals surface area contributed by atoms with Crippen LogP contribution in [0.25, 0.3) is 0 Å². The van der Waals surface area contributed by atoms with Crippen molar-refractivity contribution in [2.24, 2.45) is 0 Å². The van der Waals surface area contributed by atoms with Crippen molar-refractivity contribution >= 4 is 23.5 Å². The first kappa shape index (κ1) is 14.0. The summed E-state index contributed by atoms with van der Waals surface area (Å²) < 4.78 is 10.1. The second kappa shape index (κ2) is 6.68. The number of ether oxygens (including phenoxy) is 2. The molecule has 1 saturated heterocycles. The average Bonchev–Trinajstić information content (AvgIpc) is 2.40. The number of rotatable bonds is 4. The van der Waals surface area contributed by atoms with Crippen LogP contribution in [0.5, 0.6) is 0 Å². The summed E-state index contributed by atoms with van der Waals surface area (Å²) in [6.07, 6.45) is 3.19. The van der Waals surface area contributed by atoms with Gasteiger partial charge < -0.3 is 14.8 Å². The zero-order chi connectivity index (χ0) is 13.7. The maximum atomic E-state index is 11.5. The fraction of sp³-hybridized carbons (Fsp3) is 0.583. The number of anilines is 1. The number of halogens is 1. The number of carbonyl (C=O) groups excluding carboxylic acids is 1. The van der Waals surface area contributed by atoms with E-state index in [0.29, 0.717) is 5.95 Å². The minimum Gasteiger partial charge on any atom is -0.462 e. The minimum absolute atomic E-state index is 0.100. The van der Waals surface area contributed by atoms with Crippen molar-refractivity contribution in [3.8, 4) is 0 Å². The Labute approximate surface area is 116 Å². The highest BCUT2D eigenvalue weighted by molar-refractivity contribution is 6.32. The highest BCUT2D eigenvalue weighted by atomic mass is 35.5. The molecule has 19 heavy (non-hydrogen) atoms.